The Bertz CT molecular complexity index is 233. The molecule has 2 nitrogen and oxygen atoms in total. The van der Waals surface area contributed by atoms with Crippen molar-refractivity contribution in [1.82, 2.24) is 4.90 Å². The minimum Gasteiger partial charge on any atom is -0.329 e. The van der Waals surface area contributed by atoms with Gasteiger partial charge in [0, 0.05) is 29.6 Å². The maximum Gasteiger partial charge on any atom is 0.0223 e. The van der Waals surface area contributed by atoms with E-state index in [0.29, 0.717) is 16.2 Å². The molecule has 1 aliphatic rings. The van der Waals surface area contributed by atoms with Crippen molar-refractivity contribution in [2.45, 2.75) is 58.2 Å². The molecule has 0 amide bonds. The van der Waals surface area contributed by atoms with Crippen molar-refractivity contribution in [2.24, 2.45) is 11.1 Å². The number of hydrogen-bond acceptors (Lipinski definition) is 3. The van der Waals surface area contributed by atoms with E-state index in [0.717, 1.165) is 6.54 Å². The quantitative estimate of drug-likeness (QED) is 0.844. The van der Waals surface area contributed by atoms with Crippen molar-refractivity contribution in [1.29, 1.82) is 0 Å². The number of rotatable bonds is 3. The molecular weight excluding hydrogens is 228 g/mol. The standard InChI is InChI=1S/C14H30N2S/c1-13(2,3)10-12(11-15)16-7-6-14(4,5)17-9-8-16/h12H,6-11,15H2,1-5H3. The van der Waals surface area contributed by atoms with Gasteiger partial charge in [-0.3, -0.25) is 4.90 Å². The van der Waals surface area contributed by atoms with Crippen molar-refractivity contribution in [3.8, 4) is 0 Å². The molecule has 0 aromatic carbocycles. The highest BCUT2D eigenvalue weighted by atomic mass is 32.2. The summed E-state index contributed by atoms with van der Waals surface area (Å²) in [6.45, 7) is 14.9. The van der Waals surface area contributed by atoms with Gasteiger partial charge in [-0.2, -0.15) is 11.8 Å². The Balaban J connectivity index is 2.57. The number of nitrogens with two attached hydrogens (primary N) is 1. The number of hydrogen-bond donors (Lipinski definition) is 1. The molecule has 1 fully saturated rings. The fraction of sp³-hybridized carbons (Fsp3) is 1.00. The fourth-order valence-electron chi connectivity index (χ4n) is 2.47. The van der Waals surface area contributed by atoms with Gasteiger partial charge in [0.15, 0.2) is 0 Å². The Morgan fingerprint density at radius 1 is 1.29 bits per heavy atom. The summed E-state index contributed by atoms with van der Waals surface area (Å²) >= 11 is 2.11. The summed E-state index contributed by atoms with van der Waals surface area (Å²) in [6, 6.07) is 0.560. The zero-order chi connectivity index (χ0) is 13.1. The van der Waals surface area contributed by atoms with Gasteiger partial charge in [0.05, 0.1) is 0 Å². The van der Waals surface area contributed by atoms with Gasteiger partial charge in [-0.05, 0) is 24.8 Å². The Labute approximate surface area is 112 Å². The number of thioether (sulfide) groups is 1. The van der Waals surface area contributed by atoms with Crippen LogP contribution in [0.4, 0.5) is 0 Å². The lowest BCUT2D eigenvalue weighted by atomic mass is 9.87. The second kappa shape index (κ2) is 5.94. The molecule has 0 aromatic rings. The number of nitrogens with zero attached hydrogens (tertiary/aromatic N) is 1. The van der Waals surface area contributed by atoms with Crippen molar-refractivity contribution < 1.29 is 0 Å². The molecule has 1 unspecified atom stereocenters. The Hall–Kier alpha value is 0.270. The van der Waals surface area contributed by atoms with E-state index in [-0.39, 0.29) is 0 Å². The van der Waals surface area contributed by atoms with Crippen LogP contribution in [-0.4, -0.2) is 41.1 Å². The second-order valence-electron chi connectivity index (χ2n) is 7.05. The molecule has 17 heavy (non-hydrogen) atoms. The van der Waals surface area contributed by atoms with Crippen LogP contribution in [-0.2, 0) is 0 Å². The third kappa shape index (κ3) is 5.62. The van der Waals surface area contributed by atoms with E-state index in [1.165, 1.54) is 31.7 Å². The molecule has 0 aromatic heterocycles. The average molecular weight is 258 g/mol. The first-order chi connectivity index (χ1) is 7.73. The summed E-state index contributed by atoms with van der Waals surface area (Å²) in [7, 11) is 0. The summed E-state index contributed by atoms with van der Waals surface area (Å²) < 4.78 is 0.440. The van der Waals surface area contributed by atoms with E-state index in [1.54, 1.807) is 0 Å². The zero-order valence-electron chi connectivity index (χ0n) is 12.3. The Morgan fingerprint density at radius 3 is 2.47 bits per heavy atom. The SMILES string of the molecule is CC(C)(C)CC(CN)N1CCSC(C)(C)CC1. The maximum absolute atomic E-state index is 5.98. The molecule has 0 radical (unpaired) electrons. The molecule has 2 N–H and O–H groups in total. The predicted octanol–water partition coefficient (Wildman–Crippen LogP) is 2.97. The highest BCUT2D eigenvalue weighted by molar-refractivity contribution is 8.00. The van der Waals surface area contributed by atoms with Gasteiger partial charge in [-0.25, -0.2) is 0 Å². The minimum absolute atomic E-state index is 0.374. The van der Waals surface area contributed by atoms with Crippen molar-refractivity contribution in [3.05, 3.63) is 0 Å². The van der Waals surface area contributed by atoms with Gasteiger partial charge in [-0.1, -0.05) is 34.6 Å². The van der Waals surface area contributed by atoms with Crippen LogP contribution in [0.2, 0.25) is 0 Å². The monoisotopic (exact) mass is 258 g/mol. The Kier molecular flexibility index (Phi) is 5.36. The highest BCUT2D eigenvalue weighted by Crippen LogP contribution is 2.32. The molecule has 1 aliphatic heterocycles. The van der Waals surface area contributed by atoms with Gasteiger partial charge in [0.25, 0.3) is 0 Å². The van der Waals surface area contributed by atoms with Crippen LogP contribution in [0.25, 0.3) is 0 Å². The molecule has 102 valence electrons. The van der Waals surface area contributed by atoms with E-state index < -0.39 is 0 Å². The molecule has 1 heterocycles. The highest BCUT2D eigenvalue weighted by Gasteiger charge is 2.28. The van der Waals surface area contributed by atoms with Gasteiger partial charge in [0.2, 0.25) is 0 Å². The lowest BCUT2D eigenvalue weighted by Crippen LogP contribution is -2.44. The molecule has 0 bridgehead atoms. The molecule has 0 aliphatic carbocycles. The van der Waals surface area contributed by atoms with E-state index in [4.69, 9.17) is 5.73 Å². The van der Waals surface area contributed by atoms with Crippen LogP contribution < -0.4 is 5.73 Å². The summed E-state index contributed by atoms with van der Waals surface area (Å²) in [4.78, 5) is 2.62. The normalized spacial score (nSPS) is 24.4. The molecule has 1 rings (SSSR count). The van der Waals surface area contributed by atoms with Crippen molar-refractivity contribution >= 4 is 11.8 Å². The van der Waals surface area contributed by atoms with E-state index in [2.05, 4.69) is 51.3 Å². The van der Waals surface area contributed by atoms with E-state index in [9.17, 15) is 0 Å². The smallest absolute Gasteiger partial charge is 0.0223 e. The van der Waals surface area contributed by atoms with E-state index in [1.807, 2.05) is 0 Å². The second-order valence-corrected chi connectivity index (χ2v) is 8.85. The molecule has 1 saturated heterocycles. The molecular formula is C14H30N2S. The minimum atomic E-state index is 0.374. The first kappa shape index (κ1) is 15.3. The molecule has 1 atom stereocenters. The fourth-order valence-corrected chi connectivity index (χ4v) is 3.58. The summed E-state index contributed by atoms with van der Waals surface area (Å²) in [5.74, 6) is 1.24. The largest absolute Gasteiger partial charge is 0.329 e. The van der Waals surface area contributed by atoms with E-state index >= 15 is 0 Å². The molecule has 3 heteroatoms. The topological polar surface area (TPSA) is 29.3 Å². The molecule has 0 saturated carbocycles. The van der Waals surface area contributed by atoms with Crippen LogP contribution in [0.5, 0.6) is 0 Å². The summed E-state index contributed by atoms with van der Waals surface area (Å²) in [5.41, 5.74) is 6.35. The lowest BCUT2D eigenvalue weighted by molar-refractivity contribution is 0.159. The molecule has 0 spiro atoms. The van der Waals surface area contributed by atoms with Crippen LogP contribution in [0.15, 0.2) is 0 Å². The maximum atomic E-state index is 5.98. The van der Waals surface area contributed by atoms with Gasteiger partial charge >= 0.3 is 0 Å². The predicted molar refractivity (Wildman–Crippen MR) is 79.6 cm³/mol. The van der Waals surface area contributed by atoms with Crippen LogP contribution in [0.1, 0.15) is 47.5 Å². The lowest BCUT2D eigenvalue weighted by Gasteiger charge is -2.34. The van der Waals surface area contributed by atoms with Crippen molar-refractivity contribution in [2.75, 3.05) is 25.4 Å². The third-order valence-electron chi connectivity index (χ3n) is 3.51. The summed E-state index contributed by atoms with van der Waals surface area (Å²) in [5, 5.41) is 0. The van der Waals surface area contributed by atoms with Gasteiger partial charge in [0.1, 0.15) is 0 Å². The third-order valence-corrected chi connectivity index (χ3v) is 4.88. The van der Waals surface area contributed by atoms with Crippen LogP contribution in [0.3, 0.4) is 0 Å². The van der Waals surface area contributed by atoms with Crippen LogP contribution >= 0.6 is 11.8 Å². The van der Waals surface area contributed by atoms with Gasteiger partial charge in [-0.15, -0.1) is 0 Å². The first-order valence-corrected chi connectivity index (χ1v) is 7.80. The Morgan fingerprint density at radius 2 is 1.94 bits per heavy atom. The average Bonchev–Trinajstić information content (AvgIpc) is 2.34. The van der Waals surface area contributed by atoms with Gasteiger partial charge < -0.3 is 5.73 Å². The summed E-state index contributed by atoms with van der Waals surface area (Å²) in [6.07, 6.45) is 2.48. The van der Waals surface area contributed by atoms with Crippen LogP contribution in [0, 0.1) is 5.41 Å². The first-order valence-electron chi connectivity index (χ1n) is 6.82. The van der Waals surface area contributed by atoms with Crippen molar-refractivity contribution in [3.63, 3.8) is 0 Å². The zero-order valence-corrected chi connectivity index (χ0v) is 13.1.